The van der Waals surface area contributed by atoms with Gasteiger partial charge in [0, 0.05) is 32.6 Å². The minimum Gasteiger partial charge on any atom is -0.380 e. The molecule has 2 N–H and O–H groups in total. The zero-order valence-electron chi connectivity index (χ0n) is 11.4. The molecule has 20 heavy (non-hydrogen) atoms. The predicted molar refractivity (Wildman–Crippen MR) is 77.1 cm³/mol. The van der Waals surface area contributed by atoms with E-state index < -0.39 is 0 Å². The number of para-hydroxylation sites is 1. The van der Waals surface area contributed by atoms with E-state index in [-0.39, 0.29) is 16.5 Å². The molecule has 0 bridgehead atoms. The fourth-order valence-electron chi connectivity index (χ4n) is 2.32. The van der Waals surface area contributed by atoms with Crippen LogP contribution >= 0.6 is 0 Å². The molecule has 0 unspecified atom stereocenters. The summed E-state index contributed by atoms with van der Waals surface area (Å²) < 4.78 is 0. The van der Waals surface area contributed by atoms with Crippen LogP contribution in [0.3, 0.4) is 0 Å². The standard InChI is InChI=1S/C13H18N4O3/c1-2-14-10-4-3-5-11(13(10)17(19)20)16-8-6-12(18)15-7-9-16/h3-5,14H,2,6-9H2,1H3,(H,15,18). The number of nitrogens with one attached hydrogen (secondary N) is 2. The van der Waals surface area contributed by atoms with Crippen molar-refractivity contribution in [3.63, 3.8) is 0 Å². The molecule has 1 aliphatic heterocycles. The maximum atomic E-state index is 11.4. The number of carbonyl (C=O) groups is 1. The molecule has 1 fully saturated rings. The molecule has 7 heteroatoms. The van der Waals surface area contributed by atoms with Gasteiger partial charge in [0.25, 0.3) is 0 Å². The molecule has 0 aromatic heterocycles. The molecule has 1 heterocycles. The number of nitro benzene ring substituents is 1. The largest absolute Gasteiger partial charge is 0.380 e. The van der Waals surface area contributed by atoms with Gasteiger partial charge in [-0.05, 0) is 19.1 Å². The molecule has 0 aliphatic carbocycles. The highest BCUT2D eigenvalue weighted by molar-refractivity contribution is 5.80. The second kappa shape index (κ2) is 6.23. The number of amides is 1. The Balaban J connectivity index is 2.36. The van der Waals surface area contributed by atoms with E-state index in [0.29, 0.717) is 44.0 Å². The summed E-state index contributed by atoms with van der Waals surface area (Å²) in [5, 5.41) is 17.1. The van der Waals surface area contributed by atoms with E-state index >= 15 is 0 Å². The topological polar surface area (TPSA) is 87.5 Å². The number of hydrogen-bond acceptors (Lipinski definition) is 5. The van der Waals surface area contributed by atoms with E-state index in [9.17, 15) is 14.9 Å². The molecule has 1 aromatic rings. The maximum Gasteiger partial charge on any atom is 0.315 e. The summed E-state index contributed by atoms with van der Waals surface area (Å²) in [5.41, 5.74) is 1.15. The van der Waals surface area contributed by atoms with Crippen LogP contribution < -0.4 is 15.5 Å². The lowest BCUT2D eigenvalue weighted by Crippen LogP contribution is -2.29. The number of hydrogen-bond donors (Lipinski definition) is 2. The quantitative estimate of drug-likeness (QED) is 0.641. The highest BCUT2D eigenvalue weighted by Crippen LogP contribution is 2.35. The van der Waals surface area contributed by atoms with Gasteiger partial charge in [-0.2, -0.15) is 0 Å². The molecule has 0 saturated carbocycles. The third-order valence-corrected chi connectivity index (χ3v) is 3.22. The monoisotopic (exact) mass is 278 g/mol. The number of nitrogens with zero attached hydrogens (tertiary/aromatic N) is 2. The smallest absolute Gasteiger partial charge is 0.315 e. The van der Waals surface area contributed by atoms with Gasteiger partial charge >= 0.3 is 5.69 Å². The Kier molecular flexibility index (Phi) is 4.39. The number of carbonyl (C=O) groups excluding carboxylic acids is 1. The van der Waals surface area contributed by atoms with E-state index in [1.807, 2.05) is 11.8 Å². The summed E-state index contributed by atoms with van der Waals surface area (Å²) >= 11 is 0. The number of rotatable bonds is 4. The third kappa shape index (κ3) is 2.98. The number of anilines is 2. The third-order valence-electron chi connectivity index (χ3n) is 3.22. The molecule has 1 saturated heterocycles. The minimum atomic E-state index is -0.368. The van der Waals surface area contributed by atoms with Crippen LogP contribution in [0.2, 0.25) is 0 Å². The van der Waals surface area contributed by atoms with Crippen LogP contribution in [0, 0.1) is 10.1 Å². The summed E-state index contributed by atoms with van der Waals surface area (Å²) in [6.45, 7) is 4.07. The van der Waals surface area contributed by atoms with Crippen LogP contribution in [-0.4, -0.2) is 37.0 Å². The van der Waals surface area contributed by atoms with Crippen LogP contribution in [0.4, 0.5) is 17.1 Å². The number of benzene rings is 1. The number of nitro groups is 1. The van der Waals surface area contributed by atoms with Gasteiger partial charge in [0.2, 0.25) is 5.91 Å². The van der Waals surface area contributed by atoms with Crippen molar-refractivity contribution in [1.29, 1.82) is 0 Å². The Morgan fingerprint density at radius 3 is 2.95 bits per heavy atom. The second-order valence-electron chi connectivity index (χ2n) is 4.55. The molecule has 1 aliphatic rings. The summed E-state index contributed by atoms with van der Waals surface area (Å²) in [7, 11) is 0. The average Bonchev–Trinajstić information content (AvgIpc) is 2.63. The van der Waals surface area contributed by atoms with Crippen LogP contribution in [-0.2, 0) is 4.79 Å². The first-order valence-electron chi connectivity index (χ1n) is 6.66. The van der Waals surface area contributed by atoms with Crippen LogP contribution in [0.5, 0.6) is 0 Å². The lowest BCUT2D eigenvalue weighted by atomic mass is 10.2. The first-order chi connectivity index (χ1) is 9.63. The first-order valence-corrected chi connectivity index (χ1v) is 6.66. The Morgan fingerprint density at radius 1 is 1.45 bits per heavy atom. The van der Waals surface area contributed by atoms with E-state index in [0.717, 1.165) is 0 Å². The average molecular weight is 278 g/mol. The van der Waals surface area contributed by atoms with Crippen LogP contribution in [0.15, 0.2) is 18.2 Å². The lowest BCUT2D eigenvalue weighted by Gasteiger charge is -2.22. The van der Waals surface area contributed by atoms with Gasteiger partial charge in [0.15, 0.2) is 0 Å². The summed E-state index contributed by atoms with van der Waals surface area (Å²) in [6, 6.07) is 5.22. The molecule has 0 spiro atoms. The highest BCUT2D eigenvalue weighted by Gasteiger charge is 2.25. The fraction of sp³-hybridized carbons (Fsp3) is 0.462. The highest BCUT2D eigenvalue weighted by atomic mass is 16.6. The molecule has 1 amide bonds. The Hall–Kier alpha value is -2.31. The van der Waals surface area contributed by atoms with Crippen molar-refractivity contribution in [2.75, 3.05) is 36.4 Å². The Morgan fingerprint density at radius 2 is 2.25 bits per heavy atom. The van der Waals surface area contributed by atoms with E-state index in [1.165, 1.54) is 0 Å². The molecule has 1 aromatic carbocycles. The molecule has 2 rings (SSSR count). The summed E-state index contributed by atoms with van der Waals surface area (Å²) in [5.74, 6) is -0.0157. The fourth-order valence-corrected chi connectivity index (χ4v) is 2.32. The molecule has 108 valence electrons. The van der Waals surface area contributed by atoms with Crippen molar-refractivity contribution >= 4 is 23.0 Å². The van der Waals surface area contributed by atoms with Gasteiger partial charge in [0.05, 0.1) is 4.92 Å². The molecule has 7 nitrogen and oxygen atoms in total. The van der Waals surface area contributed by atoms with Gasteiger partial charge in [0.1, 0.15) is 11.4 Å². The van der Waals surface area contributed by atoms with Gasteiger partial charge in [-0.15, -0.1) is 0 Å². The van der Waals surface area contributed by atoms with Gasteiger partial charge in [-0.25, -0.2) is 0 Å². The predicted octanol–water partition coefficient (Wildman–Crippen LogP) is 1.35. The normalized spacial score (nSPS) is 15.4. The zero-order chi connectivity index (χ0) is 14.5. The molecule has 0 radical (unpaired) electrons. The van der Waals surface area contributed by atoms with Crippen molar-refractivity contribution in [3.05, 3.63) is 28.3 Å². The van der Waals surface area contributed by atoms with Crippen LogP contribution in [0.1, 0.15) is 13.3 Å². The van der Waals surface area contributed by atoms with Crippen molar-refractivity contribution in [2.24, 2.45) is 0 Å². The van der Waals surface area contributed by atoms with Crippen molar-refractivity contribution in [1.82, 2.24) is 5.32 Å². The summed E-state index contributed by atoms with van der Waals surface area (Å²) in [6.07, 6.45) is 0.350. The minimum absolute atomic E-state index is 0.0157. The lowest BCUT2D eigenvalue weighted by molar-refractivity contribution is -0.383. The Labute approximate surface area is 117 Å². The van der Waals surface area contributed by atoms with Gasteiger partial charge in [-0.1, -0.05) is 6.07 Å². The Bertz CT molecular complexity index is 518. The van der Waals surface area contributed by atoms with E-state index in [1.54, 1.807) is 18.2 Å². The maximum absolute atomic E-state index is 11.4. The van der Waals surface area contributed by atoms with Crippen molar-refractivity contribution in [2.45, 2.75) is 13.3 Å². The zero-order valence-corrected chi connectivity index (χ0v) is 11.4. The molecule has 0 atom stereocenters. The van der Waals surface area contributed by atoms with E-state index in [2.05, 4.69) is 10.6 Å². The van der Waals surface area contributed by atoms with Crippen LogP contribution in [0.25, 0.3) is 0 Å². The van der Waals surface area contributed by atoms with Gasteiger partial charge < -0.3 is 15.5 Å². The molecular formula is C13H18N4O3. The first kappa shape index (κ1) is 14.1. The molecular weight excluding hydrogens is 260 g/mol. The van der Waals surface area contributed by atoms with Gasteiger partial charge in [-0.3, -0.25) is 14.9 Å². The van der Waals surface area contributed by atoms with Crippen molar-refractivity contribution in [3.8, 4) is 0 Å². The SMILES string of the molecule is CCNc1cccc(N2CCNC(=O)CC2)c1[N+](=O)[O-]. The summed E-state index contributed by atoms with van der Waals surface area (Å²) in [4.78, 5) is 24.2. The second-order valence-corrected chi connectivity index (χ2v) is 4.55. The van der Waals surface area contributed by atoms with E-state index in [4.69, 9.17) is 0 Å². The van der Waals surface area contributed by atoms with Crippen molar-refractivity contribution < 1.29 is 9.72 Å².